The lowest BCUT2D eigenvalue weighted by Crippen LogP contribution is -2.24. The number of fused-ring (bicyclic) bond motifs is 1. The van der Waals surface area contributed by atoms with Crippen LogP contribution in [0.4, 0.5) is 5.82 Å². The summed E-state index contributed by atoms with van der Waals surface area (Å²) in [5, 5.41) is 0. The fourth-order valence-electron chi connectivity index (χ4n) is 2.86. The van der Waals surface area contributed by atoms with Gasteiger partial charge in [0.15, 0.2) is 0 Å². The lowest BCUT2D eigenvalue weighted by molar-refractivity contribution is 0.751. The van der Waals surface area contributed by atoms with Crippen LogP contribution in [0.3, 0.4) is 0 Å². The van der Waals surface area contributed by atoms with Crippen molar-refractivity contribution in [2.75, 3.05) is 11.4 Å². The first kappa shape index (κ1) is 13.1. The van der Waals surface area contributed by atoms with Crippen LogP contribution in [-0.2, 0) is 19.5 Å². The van der Waals surface area contributed by atoms with E-state index in [1.807, 2.05) is 6.92 Å². The van der Waals surface area contributed by atoms with Crippen LogP contribution in [0.25, 0.3) is 0 Å². The fourth-order valence-corrected chi connectivity index (χ4v) is 2.86. The molecule has 0 spiro atoms. The second-order valence-electron chi connectivity index (χ2n) is 5.41. The van der Waals surface area contributed by atoms with Crippen LogP contribution in [0, 0.1) is 6.92 Å². The van der Waals surface area contributed by atoms with Crippen LogP contribution >= 0.6 is 0 Å². The van der Waals surface area contributed by atoms with E-state index in [1.165, 1.54) is 17.5 Å². The highest BCUT2D eigenvalue weighted by molar-refractivity contribution is 5.44. The van der Waals surface area contributed by atoms with Gasteiger partial charge in [-0.15, -0.1) is 0 Å². The van der Waals surface area contributed by atoms with E-state index in [0.717, 1.165) is 36.6 Å². The quantitative estimate of drug-likeness (QED) is 0.909. The average molecular weight is 267 g/mol. The number of hydrogen-bond donors (Lipinski definition) is 1. The molecule has 1 aromatic carbocycles. The Bertz CT molecular complexity index is 607. The summed E-state index contributed by atoms with van der Waals surface area (Å²) in [6, 6.07) is 12.9. The molecule has 0 aliphatic carbocycles. The summed E-state index contributed by atoms with van der Waals surface area (Å²) < 4.78 is 0. The zero-order chi connectivity index (χ0) is 13.9. The second kappa shape index (κ2) is 5.63. The SMILES string of the molecule is Cc1nc(N2CCCc3ccccc3C2)ccc1CN. The average Bonchev–Trinajstić information content (AvgIpc) is 2.69. The van der Waals surface area contributed by atoms with E-state index in [4.69, 9.17) is 10.7 Å². The van der Waals surface area contributed by atoms with E-state index < -0.39 is 0 Å². The van der Waals surface area contributed by atoms with Crippen molar-refractivity contribution in [3.8, 4) is 0 Å². The molecule has 0 unspecified atom stereocenters. The molecule has 3 rings (SSSR count). The van der Waals surface area contributed by atoms with Crippen molar-refractivity contribution in [2.24, 2.45) is 5.73 Å². The van der Waals surface area contributed by atoms with Gasteiger partial charge in [-0.2, -0.15) is 0 Å². The van der Waals surface area contributed by atoms with Crippen molar-refractivity contribution < 1.29 is 0 Å². The highest BCUT2D eigenvalue weighted by Crippen LogP contribution is 2.23. The Morgan fingerprint density at radius 3 is 2.70 bits per heavy atom. The Hall–Kier alpha value is -1.87. The molecule has 2 aromatic rings. The maximum Gasteiger partial charge on any atom is 0.129 e. The largest absolute Gasteiger partial charge is 0.352 e. The number of nitrogens with two attached hydrogens (primary N) is 1. The summed E-state index contributed by atoms with van der Waals surface area (Å²) in [7, 11) is 0. The number of hydrogen-bond acceptors (Lipinski definition) is 3. The van der Waals surface area contributed by atoms with E-state index in [1.54, 1.807) is 0 Å². The normalized spacial score (nSPS) is 14.8. The smallest absolute Gasteiger partial charge is 0.129 e. The topological polar surface area (TPSA) is 42.2 Å². The molecular formula is C17H21N3. The Morgan fingerprint density at radius 1 is 1.15 bits per heavy atom. The number of nitrogens with zero attached hydrogens (tertiary/aromatic N) is 2. The van der Waals surface area contributed by atoms with Crippen molar-refractivity contribution in [3.63, 3.8) is 0 Å². The fraction of sp³-hybridized carbons (Fsp3) is 0.353. The number of benzene rings is 1. The van der Waals surface area contributed by atoms with E-state index in [-0.39, 0.29) is 0 Å². The molecule has 0 radical (unpaired) electrons. The molecule has 1 aromatic heterocycles. The van der Waals surface area contributed by atoms with Crippen LogP contribution in [0.2, 0.25) is 0 Å². The summed E-state index contributed by atoms with van der Waals surface area (Å²) in [4.78, 5) is 7.10. The van der Waals surface area contributed by atoms with Crippen molar-refractivity contribution in [1.29, 1.82) is 0 Å². The molecule has 0 fully saturated rings. The van der Waals surface area contributed by atoms with Crippen molar-refractivity contribution in [1.82, 2.24) is 4.98 Å². The Morgan fingerprint density at radius 2 is 1.95 bits per heavy atom. The van der Waals surface area contributed by atoms with Gasteiger partial charge in [0, 0.05) is 25.3 Å². The van der Waals surface area contributed by atoms with Gasteiger partial charge in [-0.05, 0) is 42.5 Å². The molecule has 3 nitrogen and oxygen atoms in total. The first-order valence-electron chi connectivity index (χ1n) is 7.26. The molecule has 0 atom stereocenters. The van der Waals surface area contributed by atoms with Crippen LogP contribution in [-0.4, -0.2) is 11.5 Å². The van der Waals surface area contributed by atoms with Crippen molar-refractivity contribution >= 4 is 5.82 Å². The molecule has 2 heterocycles. The van der Waals surface area contributed by atoms with Crippen LogP contribution in [0.15, 0.2) is 36.4 Å². The molecule has 104 valence electrons. The third-order valence-electron chi connectivity index (χ3n) is 4.08. The third-order valence-corrected chi connectivity index (χ3v) is 4.08. The van der Waals surface area contributed by atoms with Gasteiger partial charge >= 0.3 is 0 Å². The second-order valence-corrected chi connectivity index (χ2v) is 5.41. The molecule has 2 N–H and O–H groups in total. The van der Waals surface area contributed by atoms with Crippen LogP contribution in [0.1, 0.15) is 28.8 Å². The molecule has 0 bridgehead atoms. The number of anilines is 1. The summed E-state index contributed by atoms with van der Waals surface area (Å²) in [6.45, 7) is 4.60. The van der Waals surface area contributed by atoms with E-state index in [9.17, 15) is 0 Å². The van der Waals surface area contributed by atoms with Crippen LogP contribution in [0.5, 0.6) is 0 Å². The van der Waals surface area contributed by atoms with Gasteiger partial charge in [0.25, 0.3) is 0 Å². The summed E-state index contributed by atoms with van der Waals surface area (Å²) in [5.74, 6) is 1.07. The minimum Gasteiger partial charge on any atom is -0.352 e. The maximum absolute atomic E-state index is 5.71. The molecule has 20 heavy (non-hydrogen) atoms. The number of aryl methyl sites for hydroxylation is 2. The Balaban J connectivity index is 1.89. The summed E-state index contributed by atoms with van der Waals surface area (Å²) in [5.41, 5.74) is 10.8. The monoisotopic (exact) mass is 267 g/mol. The van der Waals surface area contributed by atoms with Gasteiger partial charge in [-0.25, -0.2) is 4.98 Å². The van der Waals surface area contributed by atoms with Gasteiger partial charge < -0.3 is 10.6 Å². The van der Waals surface area contributed by atoms with Crippen LogP contribution < -0.4 is 10.6 Å². The number of pyridine rings is 1. The van der Waals surface area contributed by atoms with Gasteiger partial charge in [0.05, 0.1) is 0 Å². The Kier molecular flexibility index (Phi) is 3.70. The van der Waals surface area contributed by atoms with E-state index in [2.05, 4.69) is 41.3 Å². The highest BCUT2D eigenvalue weighted by atomic mass is 15.2. The Labute approximate surface area is 120 Å². The maximum atomic E-state index is 5.71. The molecule has 0 amide bonds. The van der Waals surface area contributed by atoms with E-state index in [0.29, 0.717) is 6.54 Å². The third kappa shape index (κ3) is 2.54. The molecule has 1 aliphatic heterocycles. The van der Waals surface area contributed by atoms with Gasteiger partial charge in [-0.1, -0.05) is 30.3 Å². The summed E-state index contributed by atoms with van der Waals surface area (Å²) >= 11 is 0. The first-order chi connectivity index (χ1) is 9.78. The molecule has 3 heteroatoms. The standard InChI is InChI=1S/C17H21N3/c1-13-15(11-18)8-9-17(19-13)20-10-4-7-14-5-2-3-6-16(14)12-20/h2-3,5-6,8-9H,4,7,10-12,18H2,1H3. The number of aromatic nitrogens is 1. The van der Waals surface area contributed by atoms with Gasteiger partial charge in [0.1, 0.15) is 5.82 Å². The minimum absolute atomic E-state index is 0.557. The zero-order valence-electron chi connectivity index (χ0n) is 12.0. The predicted molar refractivity (Wildman–Crippen MR) is 82.7 cm³/mol. The molecule has 0 saturated carbocycles. The molecule has 1 aliphatic rings. The van der Waals surface area contributed by atoms with Crippen molar-refractivity contribution in [2.45, 2.75) is 32.9 Å². The highest BCUT2D eigenvalue weighted by Gasteiger charge is 2.15. The molecule has 0 saturated heterocycles. The predicted octanol–water partition coefficient (Wildman–Crippen LogP) is 2.80. The first-order valence-corrected chi connectivity index (χ1v) is 7.26. The lowest BCUT2D eigenvalue weighted by atomic mass is 10.0. The van der Waals surface area contributed by atoms with E-state index >= 15 is 0 Å². The lowest BCUT2D eigenvalue weighted by Gasteiger charge is -2.23. The summed E-state index contributed by atoms with van der Waals surface area (Å²) in [6.07, 6.45) is 2.34. The number of rotatable bonds is 2. The van der Waals surface area contributed by atoms with Crippen molar-refractivity contribution in [3.05, 3.63) is 58.8 Å². The van der Waals surface area contributed by atoms with Gasteiger partial charge in [0.2, 0.25) is 0 Å². The minimum atomic E-state index is 0.557. The van der Waals surface area contributed by atoms with Gasteiger partial charge in [-0.3, -0.25) is 0 Å². The zero-order valence-corrected chi connectivity index (χ0v) is 12.0. The molecular weight excluding hydrogens is 246 g/mol.